The second-order valence-electron chi connectivity index (χ2n) is 14.4. The zero-order chi connectivity index (χ0) is 32.6. The Morgan fingerprint density at radius 2 is 1.22 bits per heavy atom. The number of rotatable bonds is 4. The minimum Gasteiger partial charge on any atom is -0.396 e. The highest BCUT2D eigenvalue weighted by Crippen LogP contribution is 2.53. The molecule has 0 bridgehead atoms. The summed E-state index contributed by atoms with van der Waals surface area (Å²) in [5.74, 6) is 0. The van der Waals surface area contributed by atoms with Crippen LogP contribution in [0.2, 0.25) is 0 Å². The van der Waals surface area contributed by atoms with E-state index in [2.05, 4.69) is 118 Å². The molecule has 8 rings (SSSR count). The Hall–Kier alpha value is -4.40. The van der Waals surface area contributed by atoms with Gasteiger partial charge in [-0.1, -0.05) is 90.8 Å². The predicted molar refractivity (Wildman–Crippen MR) is 188 cm³/mol. The van der Waals surface area contributed by atoms with E-state index in [1.54, 1.807) is 0 Å². The molecule has 2 unspecified atom stereocenters. The molecule has 0 fully saturated rings. The molecule has 4 aromatic carbocycles. The smallest absolute Gasteiger partial charge is 0.118 e. The van der Waals surface area contributed by atoms with E-state index >= 15 is 0 Å². The Morgan fingerprint density at radius 3 is 1.78 bits per heavy atom. The summed E-state index contributed by atoms with van der Waals surface area (Å²) in [6, 6.07) is 25.8. The van der Waals surface area contributed by atoms with Gasteiger partial charge in [-0.15, -0.1) is 0 Å². The molecular weight excluding hydrogens is 566 g/mol. The first kappa shape index (κ1) is 29.0. The fourth-order valence-electron chi connectivity index (χ4n) is 8.36. The third kappa shape index (κ3) is 3.57. The molecule has 7 nitrogen and oxygen atoms in total. The summed E-state index contributed by atoms with van der Waals surface area (Å²) in [7, 11) is 0. The molecule has 234 valence electrons. The molecule has 12 N–H and O–H groups in total. The van der Waals surface area contributed by atoms with Gasteiger partial charge >= 0.3 is 0 Å². The zero-order valence-electron chi connectivity index (χ0n) is 27.2. The van der Waals surface area contributed by atoms with Crippen LogP contribution in [-0.2, 0) is 22.2 Å². The molecule has 7 heteroatoms. The van der Waals surface area contributed by atoms with Crippen LogP contribution in [0.4, 0.5) is 11.4 Å². The topological polar surface area (TPSA) is 158 Å². The Kier molecular flexibility index (Phi) is 5.75. The van der Waals surface area contributed by atoms with Gasteiger partial charge in [-0.3, -0.25) is 0 Å². The average Bonchev–Trinajstić information content (AvgIpc) is 3.69. The van der Waals surface area contributed by atoms with E-state index in [1.807, 2.05) is 0 Å². The third-order valence-electron chi connectivity index (χ3n) is 11.5. The molecule has 0 saturated heterocycles. The summed E-state index contributed by atoms with van der Waals surface area (Å²) in [6.45, 7) is 11.5. The van der Waals surface area contributed by atoms with Gasteiger partial charge in [-0.05, 0) is 89.8 Å². The molecule has 0 saturated carbocycles. The van der Waals surface area contributed by atoms with Crippen LogP contribution in [-0.4, -0.2) is 11.5 Å². The second-order valence-corrected chi connectivity index (χ2v) is 14.4. The lowest BCUT2D eigenvalue weighted by Gasteiger charge is -2.32. The van der Waals surface area contributed by atoms with Crippen LogP contribution in [0.1, 0.15) is 83.1 Å². The largest absolute Gasteiger partial charge is 0.396 e. The number of nitrogen functional groups attached to an aromatic ring is 1. The summed E-state index contributed by atoms with van der Waals surface area (Å²) >= 11 is 0. The molecule has 3 aliphatic rings. The van der Waals surface area contributed by atoms with Crippen molar-refractivity contribution in [3.05, 3.63) is 129 Å². The standard InChI is InChI=1S/C39H43N7/c1-6-36(4,22-9-13-26-24-11-7-20(2)15-28(24)38(41,42)30(26)17-22)34-32(40)33-35(46-34)37(5,19-45-33)23-10-14-27-25-12-8-21(3)16-29(25)39(43,44)31(27)18-23/h7-18,45-46H,6,19,40-44H2,1-5H3. The fourth-order valence-corrected chi connectivity index (χ4v) is 8.36. The van der Waals surface area contributed by atoms with Crippen molar-refractivity contribution in [3.63, 3.8) is 0 Å². The minimum atomic E-state index is -1.07. The van der Waals surface area contributed by atoms with Crippen molar-refractivity contribution in [2.75, 3.05) is 17.6 Å². The lowest BCUT2D eigenvalue weighted by atomic mass is 9.75. The molecule has 2 atom stereocenters. The molecule has 1 aromatic heterocycles. The number of fused-ring (bicyclic) bond motifs is 7. The average molecular weight is 610 g/mol. The Morgan fingerprint density at radius 1 is 0.717 bits per heavy atom. The van der Waals surface area contributed by atoms with Gasteiger partial charge in [0.1, 0.15) is 11.3 Å². The van der Waals surface area contributed by atoms with Crippen molar-refractivity contribution >= 4 is 11.4 Å². The van der Waals surface area contributed by atoms with Gasteiger partial charge in [0.25, 0.3) is 0 Å². The normalized spacial score (nSPS) is 20.7. The van der Waals surface area contributed by atoms with Gasteiger partial charge in [0.15, 0.2) is 0 Å². The lowest BCUT2D eigenvalue weighted by Crippen LogP contribution is -2.45. The summed E-state index contributed by atoms with van der Waals surface area (Å²) < 4.78 is 0. The first-order valence-corrected chi connectivity index (χ1v) is 16.2. The van der Waals surface area contributed by atoms with Crippen molar-refractivity contribution in [1.82, 2.24) is 4.98 Å². The molecule has 0 radical (unpaired) electrons. The number of aryl methyl sites for hydroxylation is 2. The van der Waals surface area contributed by atoms with E-state index in [0.29, 0.717) is 6.54 Å². The first-order valence-electron chi connectivity index (χ1n) is 16.2. The maximum atomic E-state index is 7.03. The van der Waals surface area contributed by atoms with E-state index < -0.39 is 16.7 Å². The van der Waals surface area contributed by atoms with Gasteiger partial charge in [0.05, 0.1) is 28.2 Å². The number of H-pyrrole nitrogens is 1. The molecule has 0 amide bonds. The highest BCUT2D eigenvalue weighted by Gasteiger charge is 2.46. The van der Waals surface area contributed by atoms with Crippen molar-refractivity contribution in [1.29, 1.82) is 0 Å². The van der Waals surface area contributed by atoms with Crippen molar-refractivity contribution < 1.29 is 0 Å². The highest BCUT2D eigenvalue weighted by molar-refractivity contribution is 5.84. The van der Waals surface area contributed by atoms with E-state index in [0.717, 1.165) is 95.9 Å². The van der Waals surface area contributed by atoms with Gasteiger partial charge in [-0.25, -0.2) is 0 Å². The van der Waals surface area contributed by atoms with Crippen molar-refractivity contribution in [3.8, 4) is 22.3 Å². The van der Waals surface area contributed by atoms with Crippen LogP contribution in [0, 0.1) is 13.8 Å². The summed E-state index contributed by atoms with van der Waals surface area (Å²) in [4.78, 5) is 3.85. The summed E-state index contributed by atoms with van der Waals surface area (Å²) in [5.41, 5.74) is 48.0. The molecule has 0 spiro atoms. The van der Waals surface area contributed by atoms with E-state index in [4.69, 9.17) is 28.7 Å². The third-order valence-corrected chi connectivity index (χ3v) is 11.5. The van der Waals surface area contributed by atoms with Crippen molar-refractivity contribution in [2.24, 2.45) is 22.9 Å². The summed E-state index contributed by atoms with van der Waals surface area (Å²) in [6.07, 6.45) is 0.819. The first-order chi connectivity index (χ1) is 21.7. The number of aromatic amines is 1. The van der Waals surface area contributed by atoms with Gasteiger partial charge < -0.3 is 39.0 Å². The number of anilines is 2. The zero-order valence-corrected chi connectivity index (χ0v) is 27.2. The number of hydrogen-bond acceptors (Lipinski definition) is 6. The van der Waals surface area contributed by atoms with Crippen LogP contribution in [0.3, 0.4) is 0 Å². The van der Waals surface area contributed by atoms with Crippen LogP contribution >= 0.6 is 0 Å². The Labute approximate surface area is 270 Å². The number of nitrogens with one attached hydrogen (secondary N) is 2. The fraction of sp³-hybridized carbons (Fsp3) is 0.282. The van der Waals surface area contributed by atoms with E-state index in [-0.39, 0.29) is 5.41 Å². The Bertz CT molecular complexity index is 2120. The SMILES string of the molecule is CCC(C)(c1ccc2c(c1)C(N)(N)c1cc(C)ccc1-2)c1[nH]c2c(c1N)NCC2(C)c1ccc2c(c1)C(N)(N)c1cc(C)ccc1-2. The van der Waals surface area contributed by atoms with Crippen LogP contribution in [0.25, 0.3) is 22.3 Å². The second kappa shape index (κ2) is 9.11. The number of aromatic nitrogens is 1. The number of hydrogen-bond donors (Lipinski definition) is 7. The van der Waals surface area contributed by atoms with Gasteiger partial charge in [0, 0.05) is 12.0 Å². The van der Waals surface area contributed by atoms with Gasteiger partial charge in [-0.2, -0.15) is 0 Å². The van der Waals surface area contributed by atoms with Crippen molar-refractivity contribution in [2.45, 2.75) is 63.2 Å². The quantitative estimate of drug-likeness (QED) is 0.127. The maximum absolute atomic E-state index is 7.03. The molecular formula is C39H43N7. The highest BCUT2D eigenvalue weighted by atomic mass is 15.0. The van der Waals surface area contributed by atoms with Crippen LogP contribution in [0.5, 0.6) is 0 Å². The molecule has 5 aromatic rings. The Balaban J connectivity index is 1.21. The molecule has 2 aliphatic carbocycles. The lowest BCUT2D eigenvalue weighted by molar-refractivity contribution is 0.523. The van der Waals surface area contributed by atoms with E-state index in [9.17, 15) is 0 Å². The molecule has 2 heterocycles. The maximum Gasteiger partial charge on any atom is 0.118 e. The van der Waals surface area contributed by atoms with E-state index in [1.165, 1.54) is 0 Å². The molecule has 46 heavy (non-hydrogen) atoms. The minimum absolute atomic E-state index is 0.382. The number of nitrogens with two attached hydrogens (primary N) is 5. The van der Waals surface area contributed by atoms with Crippen LogP contribution in [0.15, 0.2) is 72.8 Å². The van der Waals surface area contributed by atoms with Gasteiger partial charge in [0.2, 0.25) is 0 Å². The monoisotopic (exact) mass is 609 g/mol. The predicted octanol–water partition coefficient (Wildman–Crippen LogP) is 5.86. The number of benzene rings is 4. The molecule has 1 aliphatic heterocycles. The summed E-state index contributed by atoms with van der Waals surface area (Å²) in [5, 5.41) is 3.65. The van der Waals surface area contributed by atoms with Crippen LogP contribution < -0.4 is 34.0 Å².